The number of benzene rings is 1. The number of ether oxygens (including phenoxy) is 1. The van der Waals surface area contributed by atoms with Gasteiger partial charge in [-0.2, -0.15) is 13.2 Å². The van der Waals surface area contributed by atoms with Gasteiger partial charge in [0, 0.05) is 29.9 Å². The molecule has 1 aromatic heterocycles. The van der Waals surface area contributed by atoms with Crippen LogP contribution in [0.25, 0.3) is 0 Å². The summed E-state index contributed by atoms with van der Waals surface area (Å²) in [6.07, 6.45) is -4.51. The van der Waals surface area contributed by atoms with Crippen LogP contribution in [0.1, 0.15) is 68.8 Å². The van der Waals surface area contributed by atoms with Crippen LogP contribution in [0, 0.1) is 19.8 Å². The molecule has 0 saturated carbocycles. The quantitative estimate of drug-likeness (QED) is 0.410. The van der Waals surface area contributed by atoms with Gasteiger partial charge >= 0.3 is 12.1 Å². The zero-order valence-corrected chi connectivity index (χ0v) is 19.7. The predicted molar refractivity (Wildman–Crippen MR) is 117 cm³/mol. The summed E-state index contributed by atoms with van der Waals surface area (Å²) < 4.78 is 45.1. The highest BCUT2D eigenvalue weighted by Gasteiger charge is 2.31. The first-order valence-corrected chi connectivity index (χ1v) is 10.6. The Kier molecular flexibility index (Phi) is 8.11. The minimum Gasteiger partial charge on any atom is -0.464 e. The van der Waals surface area contributed by atoms with Gasteiger partial charge in [0.05, 0.1) is 19.2 Å². The van der Waals surface area contributed by atoms with E-state index in [2.05, 4.69) is 0 Å². The van der Waals surface area contributed by atoms with Crippen molar-refractivity contribution in [3.05, 3.63) is 57.9 Å². The minimum absolute atomic E-state index is 0.0178. The van der Waals surface area contributed by atoms with E-state index in [1.807, 2.05) is 20.8 Å². The Morgan fingerprint density at radius 3 is 2.12 bits per heavy atom. The molecule has 33 heavy (non-hydrogen) atoms. The number of ketones is 1. The second kappa shape index (κ2) is 10.2. The topological polar surface area (TPSA) is 68.6 Å². The first-order valence-electron chi connectivity index (χ1n) is 10.6. The maximum Gasteiger partial charge on any atom is 0.416 e. The molecule has 0 radical (unpaired) electrons. The average Bonchev–Trinajstić information content (AvgIpc) is 3.00. The number of carbonyl (C=O) groups is 3. The molecule has 6 nitrogen and oxygen atoms in total. The monoisotopic (exact) mass is 466 g/mol. The minimum atomic E-state index is -4.51. The number of halogens is 3. The number of hydrogen-bond donors (Lipinski definition) is 0. The van der Waals surface area contributed by atoms with Gasteiger partial charge in [0.25, 0.3) is 5.91 Å². The van der Waals surface area contributed by atoms with E-state index in [4.69, 9.17) is 4.74 Å². The third kappa shape index (κ3) is 5.64. The molecule has 2 aromatic rings. The molecule has 0 saturated heterocycles. The molecule has 0 unspecified atom stereocenters. The number of nitrogens with zero attached hydrogens (tertiary/aromatic N) is 2. The molecule has 180 valence electrons. The van der Waals surface area contributed by atoms with Gasteiger partial charge in [0.1, 0.15) is 5.69 Å². The Balaban J connectivity index is 2.40. The predicted octanol–water partition coefficient (Wildman–Crippen LogP) is 4.91. The van der Waals surface area contributed by atoms with Crippen molar-refractivity contribution in [2.45, 2.75) is 47.3 Å². The smallest absolute Gasteiger partial charge is 0.416 e. The highest BCUT2D eigenvalue weighted by molar-refractivity contribution is 6.06. The van der Waals surface area contributed by atoms with E-state index in [0.717, 1.165) is 24.3 Å². The highest BCUT2D eigenvalue weighted by atomic mass is 19.4. The largest absolute Gasteiger partial charge is 0.464 e. The third-order valence-corrected chi connectivity index (χ3v) is 5.41. The lowest BCUT2D eigenvalue weighted by Crippen LogP contribution is -2.38. The summed E-state index contributed by atoms with van der Waals surface area (Å²) in [6.45, 7) is 9.38. The van der Waals surface area contributed by atoms with Crippen molar-refractivity contribution < 1.29 is 32.3 Å². The Hall–Kier alpha value is -3.10. The standard InChI is InChI=1S/C24H29F3N2O4/c1-7-29-16(5)20(15(4)21(29)23(32)33-6)19(30)13-28(12-14(2)3)22(31)17-8-10-18(11-9-17)24(25,26)27/h8-11,14H,7,12-13H2,1-6H3. The zero-order valence-electron chi connectivity index (χ0n) is 19.7. The first-order chi connectivity index (χ1) is 15.3. The molecular weight excluding hydrogens is 437 g/mol. The van der Waals surface area contributed by atoms with Crippen LogP contribution in [0.3, 0.4) is 0 Å². The Bertz CT molecular complexity index is 1040. The van der Waals surface area contributed by atoms with Crippen LogP contribution in [-0.2, 0) is 17.5 Å². The first kappa shape index (κ1) is 26.2. The van der Waals surface area contributed by atoms with Gasteiger partial charge in [-0.1, -0.05) is 13.8 Å². The van der Waals surface area contributed by atoms with Crippen LogP contribution in [-0.4, -0.2) is 47.3 Å². The molecule has 0 aliphatic rings. The van der Waals surface area contributed by atoms with Crippen molar-refractivity contribution in [1.29, 1.82) is 0 Å². The summed E-state index contributed by atoms with van der Waals surface area (Å²) in [5, 5.41) is 0. The molecule has 1 heterocycles. The summed E-state index contributed by atoms with van der Waals surface area (Å²) in [5.74, 6) is -1.44. The highest BCUT2D eigenvalue weighted by Crippen LogP contribution is 2.29. The van der Waals surface area contributed by atoms with Crippen molar-refractivity contribution in [3.63, 3.8) is 0 Å². The fourth-order valence-electron chi connectivity index (χ4n) is 3.96. The molecule has 1 amide bonds. The van der Waals surface area contributed by atoms with Crippen molar-refractivity contribution in [2.24, 2.45) is 5.92 Å². The normalized spacial score (nSPS) is 11.6. The van der Waals surface area contributed by atoms with Crippen LogP contribution in [0.2, 0.25) is 0 Å². The van der Waals surface area contributed by atoms with E-state index in [9.17, 15) is 27.6 Å². The second-order valence-corrected chi connectivity index (χ2v) is 8.25. The molecule has 0 N–H and O–H groups in total. The molecule has 0 aliphatic carbocycles. The Morgan fingerprint density at radius 1 is 1.09 bits per heavy atom. The number of Topliss-reactive ketones (excluding diaryl/α,β-unsaturated/α-hetero) is 1. The lowest BCUT2D eigenvalue weighted by atomic mass is 10.0. The van der Waals surface area contributed by atoms with Crippen LogP contribution in [0.4, 0.5) is 13.2 Å². The van der Waals surface area contributed by atoms with Crippen LogP contribution < -0.4 is 0 Å². The maximum atomic E-state index is 13.3. The van der Waals surface area contributed by atoms with Crippen molar-refractivity contribution >= 4 is 17.7 Å². The fourth-order valence-corrected chi connectivity index (χ4v) is 3.96. The Morgan fingerprint density at radius 2 is 1.67 bits per heavy atom. The molecule has 1 aromatic carbocycles. The molecule has 2 rings (SSSR count). The molecule has 0 spiro atoms. The lowest BCUT2D eigenvalue weighted by Gasteiger charge is -2.24. The third-order valence-electron chi connectivity index (χ3n) is 5.41. The number of amides is 1. The Labute approximate surface area is 191 Å². The molecule has 0 atom stereocenters. The number of rotatable bonds is 8. The number of carbonyl (C=O) groups excluding carboxylic acids is 3. The van der Waals surface area contributed by atoms with Crippen LogP contribution >= 0.6 is 0 Å². The lowest BCUT2D eigenvalue weighted by molar-refractivity contribution is -0.137. The zero-order chi connectivity index (χ0) is 25.1. The van der Waals surface area contributed by atoms with Crippen LogP contribution in [0.15, 0.2) is 24.3 Å². The molecule has 0 aliphatic heterocycles. The number of aromatic nitrogens is 1. The summed E-state index contributed by atoms with van der Waals surface area (Å²) in [4.78, 5) is 39.9. The summed E-state index contributed by atoms with van der Waals surface area (Å²) >= 11 is 0. The van der Waals surface area contributed by atoms with Crippen molar-refractivity contribution in [1.82, 2.24) is 9.47 Å². The summed E-state index contributed by atoms with van der Waals surface area (Å²) in [5.41, 5.74) is 0.889. The van der Waals surface area contributed by atoms with E-state index >= 15 is 0 Å². The average molecular weight is 467 g/mol. The molecule has 0 fully saturated rings. The molecule has 0 bridgehead atoms. The number of esters is 1. The fraction of sp³-hybridized carbons (Fsp3) is 0.458. The summed E-state index contributed by atoms with van der Waals surface area (Å²) in [6, 6.07) is 3.92. The van der Waals surface area contributed by atoms with E-state index in [-0.39, 0.29) is 36.0 Å². The molecular formula is C24H29F3N2O4. The van der Waals surface area contributed by atoms with Gasteiger partial charge < -0.3 is 14.2 Å². The number of alkyl halides is 3. The SMILES string of the molecule is CCn1c(C)c(C(=O)CN(CC(C)C)C(=O)c2ccc(C(F)(F)F)cc2)c(C)c1C(=O)OC. The van der Waals surface area contributed by atoms with Gasteiger partial charge in [-0.3, -0.25) is 9.59 Å². The van der Waals surface area contributed by atoms with Gasteiger partial charge in [-0.25, -0.2) is 4.79 Å². The van der Waals surface area contributed by atoms with E-state index in [1.54, 1.807) is 18.4 Å². The van der Waals surface area contributed by atoms with Gasteiger partial charge in [0.15, 0.2) is 5.78 Å². The van der Waals surface area contributed by atoms with E-state index in [0.29, 0.717) is 23.4 Å². The molecule has 9 heteroatoms. The van der Waals surface area contributed by atoms with Crippen molar-refractivity contribution in [3.8, 4) is 0 Å². The number of methoxy groups -OCH3 is 1. The van der Waals surface area contributed by atoms with Gasteiger partial charge in [-0.05, 0) is 56.5 Å². The van der Waals surface area contributed by atoms with E-state index in [1.165, 1.54) is 12.0 Å². The number of hydrogen-bond acceptors (Lipinski definition) is 4. The maximum absolute atomic E-state index is 13.3. The van der Waals surface area contributed by atoms with Crippen molar-refractivity contribution in [2.75, 3.05) is 20.2 Å². The van der Waals surface area contributed by atoms with Crippen LogP contribution in [0.5, 0.6) is 0 Å². The van der Waals surface area contributed by atoms with E-state index < -0.39 is 23.6 Å². The van der Waals surface area contributed by atoms with Gasteiger partial charge in [0.2, 0.25) is 0 Å². The van der Waals surface area contributed by atoms with Gasteiger partial charge in [-0.15, -0.1) is 0 Å². The summed E-state index contributed by atoms with van der Waals surface area (Å²) in [7, 11) is 1.26. The second-order valence-electron chi connectivity index (χ2n) is 8.25.